The molecule has 0 radical (unpaired) electrons. The molecule has 2 bridgehead atoms. The maximum Gasteiger partial charge on any atom is 0.0123 e. The van der Waals surface area contributed by atoms with Gasteiger partial charge in [-0.3, -0.25) is 0 Å². The van der Waals surface area contributed by atoms with Gasteiger partial charge in [0.25, 0.3) is 0 Å². The number of rotatable bonds is 5. The van der Waals surface area contributed by atoms with Gasteiger partial charge in [0.1, 0.15) is 0 Å². The Balaban J connectivity index is 1.72. The van der Waals surface area contributed by atoms with E-state index in [1.54, 1.807) is 0 Å². The second-order valence-corrected chi connectivity index (χ2v) is 5.18. The predicted molar refractivity (Wildman–Crippen MR) is 60.4 cm³/mol. The molecule has 2 saturated carbocycles. The lowest BCUT2D eigenvalue weighted by atomic mass is 9.94. The van der Waals surface area contributed by atoms with E-state index in [2.05, 4.69) is 17.3 Å². The molecule has 2 nitrogen and oxygen atoms in total. The van der Waals surface area contributed by atoms with Crippen LogP contribution in [-0.2, 0) is 0 Å². The van der Waals surface area contributed by atoms with Crippen molar-refractivity contribution < 1.29 is 0 Å². The highest BCUT2D eigenvalue weighted by Crippen LogP contribution is 2.46. The molecule has 0 aromatic heterocycles. The zero-order valence-electron chi connectivity index (χ0n) is 9.63. The maximum atomic E-state index is 3.22. The average Bonchev–Trinajstić information content (AvgIpc) is 2.79. The van der Waals surface area contributed by atoms with Crippen LogP contribution in [0.15, 0.2) is 0 Å². The van der Waals surface area contributed by atoms with Gasteiger partial charge in [-0.05, 0) is 64.7 Å². The molecule has 0 amide bonds. The van der Waals surface area contributed by atoms with Gasteiger partial charge in [0, 0.05) is 6.04 Å². The van der Waals surface area contributed by atoms with E-state index in [-0.39, 0.29) is 0 Å². The molecular weight excluding hydrogens is 172 g/mol. The molecule has 3 unspecified atom stereocenters. The summed E-state index contributed by atoms with van der Waals surface area (Å²) in [6, 6.07) is 0.922. The molecule has 1 N–H and O–H groups in total. The average molecular weight is 196 g/mol. The topological polar surface area (TPSA) is 15.3 Å². The van der Waals surface area contributed by atoms with Crippen molar-refractivity contribution in [2.24, 2.45) is 11.8 Å². The zero-order valence-corrected chi connectivity index (χ0v) is 9.63. The minimum atomic E-state index is 0.922. The summed E-state index contributed by atoms with van der Waals surface area (Å²) in [7, 11) is 4.36. The Kier molecular flexibility index (Phi) is 3.45. The van der Waals surface area contributed by atoms with Crippen molar-refractivity contribution in [3.05, 3.63) is 0 Å². The van der Waals surface area contributed by atoms with Crippen molar-refractivity contribution in [2.45, 2.75) is 38.1 Å². The number of nitrogens with one attached hydrogen (secondary N) is 1. The molecule has 14 heavy (non-hydrogen) atoms. The fourth-order valence-electron chi connectivity index (χ4n) is 3.42. The fourth-order valence-corrected chi connectivity index (χ4v) is 3.42. The van der Waals surface area contributed by atoms with Crippen LogP contribution >= 0.6 is 0 Å². The third-order valence-electron chi connectivity index (χ3n) is 4.20. The van der Waals surface area contributed by atoms with Crippen molar-refractivity contribution in [3.8, 4) is 0 Å². The molecule has 2 heteroatoms. The predicted octanol–water partition coefficient (Wildman–Crippen LogP) is 1.72. The molecule has 3 atom stereocenters. The van der Waals surface area contributed by atoms with Crippen LogP contribution in [0.2, 0.25) is 0 Å². The minimum absolute atomic E-state index is 0.922. The van der Waals surface area contributed by atoms with Gasteiger partial charge in [0.2, 0.25) is 0 Å². The zero-order chi connectivity index (χ0) is 9.97. The van der Waals surface area contributed by atoms with Crippen molar-refractivity contribution in [2.75, 3.05) is 27.2 Å². The molecule has 0 aromatic carbocycles. The van der Waals surface area contributed by atoms with Crippen molar-refractivity contribution in [3.63, 3.8) is 0 Å². The summed E-state index contributed by atoms with van der Waals surface area (Å²) >= 11 is 0. The van der Waals surface area contributed by atoms with E-state index in [1.165, 1.54) is 38.6 Å². The Hall–Kier alpha value is -0.0800. The monoisotopic (exact) mass is 196 g/mol. The van der Waals surface area contributed by atoms with Crippen LogP contribution in [0.25, 0.3) is 0 Å². The highest BCUT2D eigenvalue weighted by Gasteiger charge is 2.40. The van der Waals surface area contributed by atoms with Crippen LogP contribution in [0.3, 0.4) is 0 Å². The first-order valence-corrected chi connectivity index (χ1v) is 6.16. The Bertz CT molecular complexity index is 181. The number of nitrogens with zero attached hydrogens (tertiary/aromatic N) is 1. The van der Waals surface area contributed by atoms with Gasteiger partial charge in [-0.25, -0.2) is 0 Å². The third kappa shape index (κ3) is 2.12. The lowest BCUT2D eigenvalue weighted by Gasteiger charge is -2.31. The number of hydrogen-bond donors (Lipinski definition) is 1. The number of hydrogen-bond acceptors (Lipinski definition) is 2. The molecule has 2 fully saturated rings. The minimum Gasteiger partial charge on any atom is -0.320 e. The normalized spacial score (nSPS) is 35.8. The van der Waals surface area contributed by atoms with Gasteiger partial charge in [0.15, 0.2) is 0 Å². The molecule has 0 aliphatic heterocycles. The molecule has 0 aromatic rings. The Morgan fingerprint density at radius 2 is 2.14 bits per heavy atom. The largest absolute Gasteiger partial charge is 0.320 e. The van der Waals surface area contributed by atoms with Gasteiger partial charge < -0.3 is 10.2 Å². The van der Waals surface area contributed by atoms with Gasteiger partial charge in [0.05, 0.1) is 0 Å². The van der Waals surface area contributed by atoms with E-state index in [9.17, 15) is 0 Å². The molecule has 2 aliphatic rings. The van der Waals surface area contributed by atoms with Crippen molar-refractivity contribution in [1.82, 2.24) is 10.2 Å². The van der Waals surface area contributed by atoms with Gasteiger partial charge in [-0.1, -0.05) is 6.42 Å². The molecule has 82 valence electrons. The Morgan fingerprint density at radius 3 is 2.71 bits per heavy atom. The lowest BCUT2D eigenvalue weighted by Crippen LogP contribution is -2.37. The van der Waals surface area contributed by atoms with Gasteiger partial charge >= 0.3 is 0 Å². The smallest absolute Gasteiger partial charge is 0.0123 e. The summed E-state index contributed by atoms with van der Waals surface area (Å²) in [4.78, 5) is 2.61. The highest BCUT2D eigenvalue weighted by molar-refractivity contribution is 4.94. The van der Waals surface area contributed by atoms with E-state index < -0.39 is 0 Å². The van der Waals surface area contributed by atoms with Crippen LogP contribution in [0.4, 0.5) is 0 Å². The Morgan fingerprint density at radius 1 is 1.29 bits per heavy atom. The molecule has 0 spiro atoms. The van der Waals surface area contributed by atoms with Crippen LogP contribution < -0.4 is 5.32 Å². The summed E-state index contributed by atoms with van der Waals surface area (Å²) in [5, 5.41) is 3.22. The fraction of sp³-hybridized carbons (Fsp3) is 1.00. The molecule has 0 heterocycles. The van der Waals surface area contributed by atoms with E-state index in [1.807, 2.05) is 7.05 Å². The standard InChI is InChI=1S/C12H24N2/c1-13-6-3-7-14(2)12-9-10-4-5-11(12)8-10/h10-13H,3-9H2,1-2H3. The van der Waals surface area contributed by atoms with Crippen molar-refractivity contribution >= 4 is 0 Å². The van der Waals surface area contributed by atoms with Crippen LogP contribution in [-0.4, -0.2) is 38.1 Å². The second-order valence-electron chi connectivity index (χ2n) is 5.18. The first-order valence-electron chi connectivity index (χ1n) is 6.16. The maximum absolute atomic E-state index is 3.22. The summed E-state index contributed by atoms with van der Waals surface area (Å²) in [5.74, 6) is 2.12. The highest BCUT2D eigenvalue weighted by atomic mass is 15.1. The first-order chi connectivity index (χ1) is 6.81. The quantitative estimate of drug-likeness (QED) is 0.674. The summed E-state index contributed by atoms with van der Waals surface area (Å²) in [6.07, 6.45) is 7.33. The Labute approximate surface area is 88.1 Å². The van der Waals surface area contributed by atoms with Gasteiger partial charge in [-0.2, -0.15) is 0 Å². The number of fused-ring (bicyclic) bond motifs is 2. The summed E-state index contributed by atoms with van der Waals surface area (Å²) < 4.78 is 0. The summed E-state index contributed by atoms with van der Waals surface area (Å²) in [5.41, 5.74) is 0. The van der Waals surface area contributed by atoms with E-state index in [0.29, 0.717) is 0 Å². The first kappa shape index (κ1) is 10.4. The summed E-state index contributed by atoms with van der Waals surface area (Å²) in [6.45, 7) is 2.43. The van der Waals surface area contributed by atoms with Crippen LogP contribution in [0.5, 0.6) is 0 Å². The second kappa shape index (κ2) is 4.63. The third-order valence-corrected chi connectivity index (χ3v) is 4.20. The molecular formula is C12H24N2. The van der Waals surface area contributed by atoms with E-state index in [4.69, 9.17) is 0 Å². The SMILES string of the molecule is CNCCCN(C)C1CC2CCC1C2. The van der Waals surface area contributed by atoms with E-state index in [0.717, 1.165) is 24.4 Å². The van der Waals surface area contributed by atoms with Gasteiger partial charge in [-0.15, -0.1) is 0 Å². The van der Waals surface area contributed by atoms with E-state index >= 15 is 0 Å². The molecule has 2 rings (SSSR count). The molecule has 2 aliphatic carbocycles. The lowest BCUT2D eigenvalue weighted by molar-refractivity contribution is 0.174. The van der Waals surface area contributed by atoms with Crippen LogP contribution in [0, 0.1) is 11.8 Å². The van der Waals surface area contributed by atoms with Crippen LogP contribution in [0.1, 0.15) is 32.1 Å². The van der Waals surface area contributed by atoms with Crippen molar-refractivity contribution in [1.29, 1.82) is 0 Å². The molecule has 0 saturated heterocycles.